The molecule has 7 nitrogen and oxygen atoms in total. The highest BCUT2D eigenvalue weighted by molar-refractivity contribution is 6.02. The molecule has 0 aliphatic heterocycles. The molecule has 14 heavy (non-hydrogen) atoms. The lowest BCUT2D eigenvalue weighted by atomic mass is 10.3. The molecule has 5 N–H and O–H groups in total. The van der Waals surface area contributed by atoms with Crippen molar-refractivity contribution in [1.29, 1.82) is 0 Å². The summed E-state index contributed by atoms with van der Waals surface area (Å²) in [6, 6.07) is 0. The van der Waals surface area contributed by atoms with E-state index in [1.54, 1.807) is 0 Å². The Hall–Kier alpha value is -1.89. The molecule has 1 aromatic heterocycles. The van der Waals surface area contributed by atoms with Crippen molar-refractivity contribution in [3.8, 4) is 0 Å². The zero-order valence-electron chi connectivity index (χ0n) is 7.28. The molecule has 1 amide bonds. The van der Waals surface area contributed by atoms with Gasteiger partial charge in [-0.25, -0.2) is 9.78 Å². The van der Waals surface area contributed by atoms with Gasteiger partial charge in [0.2, 0.25) is 0 Å². The predicted octanol–water partition coefficient (Wildman–Crippen LogP) is -1.20. The quantitative estimate of drug-likeness (QED) is 0.484. The molecule has 0 radical (unpaired) electrons. The van der Waals surface area contributed by atoms with E-state index in [1.807, 2.05) is 0 Å². The lowest BCUT2D eigenvalue weighted by molar-refractivity contribution is 0.0685. The number of rotatable bonds is 4. The van der Waals surface area contributed by atoms with E-state index in [1.165, 1.54) is 0 Å². The standard InChI is InChI=1S/C7H10N4O3/c8-1-2-9-6(12)4-5(7(13)14)11-3-10-4/h3H,1-2,8H2,(H,9,12)(H,10,11)(H,13,14). The molecule has 0 fully saturated rings. The van der Waals surface area contributed by atoms with Crippen LogP contribution in [0.25, 0.3) is 0 Å². The second kappa shape index (κ2) is 4.38. The molecular formula is C7H10N4O3. The molecule has 0 saturated carbocycles. The first-order valence-electron chi connectivity index (χ1n) is 3.91. The number of carboxylic acid groups (broad SMARTS) is 1. The van der Waals surface area contributed by atoms with E-state index in [0.29, 0.717) is 6.54 Å². The Bertz CT molecular complexity index is 346. The molecule has 7 heteroatoms. The average molecular weight is 198 g/mol. The van der Waals surface area contributed by atoms with E-state index in [-0.39, 0.29) is 17.9 Å². The van der Waals surface area contributed by atoms with Crippen LogP contribution in [0.5, 0.6) is 0 Å². The average Bonchev–Trinajstić information content (AvgIpc) is 2.62. The maximum absolute atomic E-state index is 11.3. The van der Waals surface area contributed by atoms with E-state index in [0.717, 1.165) is 6.33 Å². The molecule has 0 spiro atoms. The number of carbonyl (C=O) groups excluding carboxylic acids is 1. The highest BCUT2D eigenvalue weighted by Gasteiger charge is 2.18. The fraction of sp³-hybridized carbons (Fsp3) is 0.286. The van der Waals surface area contributed by atoms with Crippen LogP contribution in [0.2, 0.25) is 0 Å². The Balaban J connectivity index is 2.79. The Labute approximate surface area is 79.3 Å². The zero-order valence-corrected chi connectivity index (χ0v) is 7.28. The molecule has 0 unspecified atom stereocenters. The van der Waals surface area contributed by atoms with Gasteiger partial charge in [-0.15, -0.1) is 0 Å². The third kappa shape index (κ3) is 2.07. The van der Waals surface area contributed by atoms with Gasteiger partial charge in [-0.05, 0) is 0 Å². The number of aromatic nitrogens is 2. The first-order valence-corrected chi connectivity index (χ1v) is 3.91. The molecule has 0 aliphatic rings. The number of aromatic amines is 1. The number of nitrogens with two attached hydrogens (primary N) is 1. The Morgan fingerprint density at radius 2 is 2.36 bits per heavy atom. The summed E-state index contributed by atoms with van der Waals surface area (Å²) >= 11 is 0. The first kappa shape index (κ1) is 10.2. The van der Waals surface area contributed by atoms with Crippen molar-refractivity contribution in [3.63, 3.8) is 0 Å². The molecule has 1 aromatic rings. The van der Waals surface area contributed by atoms with E-state index in [2.05, 4.69) is 15.3 Å². The molecule has 0 aromatic carbocycles. The third-order valence-electron chi connectivity index (χ3n) is 1.50. The van der Waals surface area contributed by atoms with Crippen LogP contribution in [0.15, 0.2) is 6.33 Å². The van der Waals surface area contributed by atoms with Gasteiger partial charge in [0.05, 0.1) is 6.33 Å². The third-order valence-corrected chi connectivity index (χ3v) is 1.50. The number of hydrogen-bond acceptors (Lipinski definition) is 4. The number of carboxylic acids is 1. The Morgan fingerprint density at radius 3 is 2.93 bits per heavy atom. The molecule has 1 heterocycles. The van der Waals surface area contributed by atoms with Gasteiger partial charge in [0.15, 0.2) is 11.4 Å². The van der Waals surface area contributed by atoms with Crippen LogP contribution in [0.1, 0.15) is 21.0 Å². The minimum atomic E-state index is -1.22. The highest BCUT2D eigenvalue weighted by atomic mass is 16.4. The van der Waals surface area contributed by atoms with Gasteiger partial charge >= 0.3 is 5.97 Å². The minimum Gasteiger partial charge on any atom is -0.477 e. The monoisotopic (exact) mass is 198 g/mol. The van der Waals surface area contributed by atoms with E-state index in [9.17, 15) is 9.59 Å². The summed E-state index contributed by atoms with van der Waals surface area (Å²) in [5.41, 5.74) is 4.81. The largest absolute Gasteiger partial charge is 0.477 e. The van der Waals surface area contributed by atoms with Gasteiger partial charge in [0.1, 0.15) is 0 Å². The van der Waals surface area contributed by atoms with E-state index >= 15 is 0 Å². The molecular weight excluding hydrogens is 188 g/mol. The van der Waals surface area contributed by atoms with Crippen molar-refractivity contribution in [2.75, 3.05) is 13.1 Å². The second-order valence-corrected chi connectivity index (χ2v) is 2.48. The molecule has 0 aliphatic carbocycles. The van der Waals surface area contributed by atoms with Crippen molar-refractivity contribution in [1.82, 2.24) is 15.3 Å². The first-order chi connectivity index (χ1) is 6.66. The van der Waals surface area contributed by atoms with Crippen LogP contribution in [-0.4, -0.2) is 40.0 Å². The van der Waals surface area contributed by atoms with Crippen LogP contribution >= 0.6 is 0 Å². The van der Waals surface area contributed by atoms with Gasteiger partial charge in [-0.3, -0.25) is 4.79 Å². The van der Waals surface area contributed by atoms with Gasteiger partial charge < -0.3 is 21.1 Å². The van der Waals surface area contributed by atoms with Crippen LogP contribution in [0.3, 0.4) is 0 Å². The summed E-state index contributed by atoms with van der Waals surface area (Å²) in [5, 5.41) is 11.1. The molecule has 76 valence electrons. The van der Waals surface area contributed by atoms with Gasteiger partial charge in [0, 0.05) is 13.1 Å². The van der Waals surface area contributed by atoms with Crippen LogP contribution in [-0.2, 0) is 0 Å². The summed E-state index contributed by atoms with van der Waals surface area (Å²) in [5.74, 6) is -1.77. The summed E-state index contributed by atoms with van der Waals surface area (Å²) < 4.78 is 0. The summed E-state index contributed by atoms with van der Waals surface area (Å²) in [6.07, 6.45) is 1.15. The van der Waals surface area contributed by atoms with Crippen molar-refractivity contribution >= 4 is 11.9 Å². The topological polar surface area (TPSA) is 121 Å². The van der Waals surface area contributed by atoms with E-state index < -0.39 is 11.9 Å². The Morgan fingerprint density at radius 1 is 1.64 bits per heavy atom. The van der Waals surface area contributed by atoms with Crippen LogP contribution in [0.4, 0.5) is 0 Å². The number of imidazole rings is 1. The minimum absolute atomic E-state index is 0.133. The molecule has 0 atom stereocenters. The Kier molecular flexibility index (Phi) is 3.19. The molecule has 0 saturated heterocycles. The normalized spacial score (nSPS) is 9.79. The van der Waals surface area contributed by atoms with Crippen LogP contribution in [0, 0.1) is 0 Å². The number of carbonyl (C=O) groups is 2. The number of H-pyrrole nitrogens is 1. The lowest BCUT2D eigenvalue weighted by Crippen LogP contribution is -2.30. The summed E-state index contributed by atoms with van der Waals surface area (Å²) in [7, 11) is 0. The van der Waals surface area contributed by atoms with E-state index in [4.69, 9.17) is 10.8 Å². The molecule has 1 rings (SSSR count). The van der Waals surface area contributed by atoms with Gasteiger partial charge in [-0.2, -0.15) is 0 Å². The second-order valence-electron chi connectivity index (χ2n) is 2.48. The predicted molar refractivity (Wildman–Crippen MR) is 46.9 cm³/mol. The van der Waals surface area contributed by atoms with Crippen molar-refractivity contribution in [2.24, 2.45) is 5.73 Å². The smallest absolute Gasteiger partial charge is 0.354 e. The SMILES string of the molecule is NCCNC(=O)c1nc[nH]c1C(=O)O. The maximum Gasteiger partial charge on any atom is 0.354 e. The van der Waals surface area contributed by atoms with Gasteiger partial charge in [-0.1, -0.05) is 0 Å². The van der Waals surface area contributed by atoms with Gasteiger partial charge in [0.25, 0.3) is 5.91 Å². The fourth-order valence-electron chi connectivity index (χ4n) is 0.899. The summed E-state index contributed by atoms with van der Waals surface area (Å²) in [4.78, 5) is 27.8. The number of hydrogen-bond donors (Lipinski definition) is 4. The highest BCUT2D eigenvalue weighted by Crippen LogP contribution is 2.01. The fourth-order valence-corrected chi connectivity index (χ4v) is 0.899. The van der Waals surface area contributed by atoms with Crippen molar-refractivity contribution in [3.05, 3.63) is 17.7 Å². The van der Waals surface area contributed by atoms with Crippen LogP contribution < -0.4 is 11.1 Å². The maximum atomic E-state index is 11.3. The number of amides is 1. The number of nitrogens with one attached hydrogen (secondary N) is 2. The molecule has 0 bridgehead atoms. The number of nitrogens with zero attached hydrogens (tertiary/aromatic N) is 1. The van der Waals surface area contributed by atoms with Crippen molar-refractivity contribution in [2.45, 2.75) is 0 Å². The number of aromatic carboxylic acids is 1. The van der Waals surface area contributed by atoms with Crippen molar-refractivity contribution < 1.29 is 14.7 Å². The lowest BCUT2D eigenvalue weighted by Gasteiger charge is -2.00. The zero-order chi connectivity index (χ0) is 10.6. The summed E-state index contributed by atoms with van der Waals surface area (Å²) in [6.45, 7) is 0.573.